The molecule has 0 unspecified atom stereocenters. The van der Waals surface area contributed by atoms with Crippen LogP contribution in [0, 0.1) is 0 Å². The second-order valence-corrected chi connectivity index (χ2v) is 14.4. The summed E-state index contributed by atoms with van der Waals surface area (Å²) in [4.78, 5) is 15.2. The van der Waals surface area contributed by atoms with Gasteiger partial charge in [0.2, 0.25) is 0 Å². The summed E-state index contributed by atoms with van der Waals surface area (Å²) in [5.74, 6) is 1.84. The van der Waals surface area contributed by atoms with Gasteiger partial charge in [0.25, 0.3) is 0 Å². The van der Waals surface area contributed by atoms with E-state index in [0.717, 1.165) is 55.1 Å². The number of hydrogen-bond acceptors (Lipinski definition) is 4. The van der Waals surface area contributed by atoms with E-state index in [0.29, 0.717) is 17.5 Å². The van der Waals surface area contributed by atoms with Crippen LogP contribution >= 0.6 is 0 Å². The van der Waals surface area contributed by atoms with Gasteiger partial charge in [-0.1, -0.05) is 146 Å². The lowest BCUT2D eigenvalue weighted by Gasteiger charge is -2.14. The predicted octanol–water partition coefficient (Wildman–Crippen LogP) is 13.3. The van der Waals surface area contributed by atoms with Crippen LogP contribution in [0.15, 0.2) is 186 Å². The second kappa shape index (κ2) is 11.9. The van der Waals surface area contributed by atoms with E-state index >= 15 is 0 Å². The maximum atomic E-state index is 6.65. The molecule has 3 heterocycles. The van der Waals surface area contributed by atoms with E-state index in [1.54, 1.807) is 0 Å². The van der Waals surface area contributed by atoms with Crippen LogP contribution in [0.25, 0.3) is 116 Å². The summed E-state index contributed by atoms with van der Waals surface area (Å²) in [6.07, 6.45) is 0. The number of hydrogen-bond donors (Lipinski definition) is 0. The lowest BCUT2D eigenvalue weighted by atomic mass is 9.99. The predicted molar refractivity (Wildman–Crippen MR) is 230 cm³/mol. The SMILES string of the molecule is c1ccc(-c2nc(-c3ccccc3)nc(-c3cccc4oc5ccc6c(-n7c8cc9ccccc9cc8c8ccc9ccccc9c87)cccc6c5c34)n2)cc1. The molecule has 0 fully saturated rings. The zero-order chi connectivity index (χ0) is 36.7. The quantitative estimate of drug-likeness (QED) is 0.182. The minimum absolute atomic E-state index is 0.597. The number of fused-ring (bicyclic) bond motifs is 11. The van der Waals surface area contributed by atoms with Crippen molar-refractivity contribution in [2.75, 3.05) is 0 Å². The first-order chi connectivity index (χ1) is 27.8. The molecule has 56 heavy (non-hydrogen) atoms. The molecule has 260 valence electrons. The van der Waals surface area contributed by atoms with Crippen molar-refractivity contribution >= 4 is 76.1 Å². The molecular weight excluding hydrogens is 685 g/mol. The van der Waals surface area contributed by atoms with Gasteiger partial charge in [-0.3, -0.25) is 0 Å². The summed E-state index contributed by atoms with van der Waals surface area (Å²) in [5, 5.41) is 11.6. The normalized spacial score (nSPS) is 11.9. The molecule has 0 bridgehead atoms. The Morgan fingerprint density at radius 3 is 1.75 bits per heavy atom. The lowest BCUT2D eigenvalue weighted by molar-refractivity contribution is 0.669. The van der Waals surface area contributed by atoms with Gasteiger partial charge in [-0.2, -0.15) is 0 Å². The molecule has 5 nitrogen and oxygen atoms in total. The molecule has 12 aromatic rings. The van der Waals surface area contributed by atoms with Crippen LogP contribution in [0.4, 0.5) is 0 Å². The maximum Gasteiger partial charge on any atom is 0.164 e. The minimum Gasteiger partial charge on any atom is -0.456 e. The van der Waals surface area contributed by atoms with Gasteiger partial charge in [0.15, 0.2) is 17.5 Å². The Kier molecular flexibility index (Phi) is 6.56. The van der Waals surface area contributed by atoms with Crippen LogP contribution in [-0.4, -0.2) is 19.5 Å². The highest BCUT2D eigenvalue weighted by atomic mass is 16.3. The fourth-order valence-electron chi connectivity index (χ4n) is 8.68. The van der Waals surface area contributed by atoms with E-state index in [1.165, 1.54) is 43.4 Å². The molecule has 0 aliphatic heterocycles. The minimum atomic E-state index is 0.597. The fraction of sp³-hybridized carbons (Fsp3) is 0. The molecule has 0 aliphatic carbocycles. The second-order valence-electron chi connectivity index (χ2n) is 14.4. The van der Waals surface area contributed by atoms with Crippen molar-refractivity contribution in [2.24, 2.45) is 0 Å². The largest absolute Gasteiger partial charge is 0.456 e. The van der Waals surface area contributed by atoms with Gasteiger partial charge in [-0.15, -0.1) is 0 Å². The molecule has 12 rings (SSSR count). The molecule has 0 radical (unpaired) electrons. The van der Waals surface area contributed by atoms with E-state index in [1.807, 2.05) is 72.8 Å². The summed E-state index contributed by atoms with van der Waals surface area (Å²) in [5.41, 5.74) is 7.84. The Morgan fingerprint density at radius 2 is 0.982 bits per heavy atom. The molecule has 5 heteroatoms. The van der Waals surface area contributed by atoms with Crippen molar-refractivity contribution in [3.8, 4) is 39.9 Å². The highest BCUT2D eigenvalue weighted by Gasteiger charge is 2.22. The van der Waals surface area contributed by atoms with Crippen LogP contribution in [0.3, 0.4) is 0 Å². The molecule has 3 aromatic heterocycles. The number of rotatable bonds is 4. The van der Waals surface area contributed by atoms with Crippen LogP contribution < -0.4 is 0 Å². The van der Waals surface area contributed by atoms with Crippen LogP contribution in [0.5, 0.6) is 0 Å². The molecule has 0 spiro atoms. The zero-order valence-electron chi connectivity index (χ0n) is 30.0. The number of aromatic nitrogens is 4. The van der Waals surface area contributed by atoms with E-state index < -0.39 is 0 Å². The highest BCUT2D eigenvalue weighted by Crippen LogP contribution is 2.44. The van der Waals surface area contributed by atoms with Crippen molar-refractivity contribution in [1.82, 2.24) is 19.5 Å². The van der Waals surface area contributed by atoms with Crippen molar-refractivity contribution in [2.45, 2.75) is 0 Å². The Balaban J connectivity index is 1.17. The standard InChI is InChI=1S/C51H30N4O/c1-3-14-32(15-4-1)49-52-50(33-16-5-2-6-17-33)54-51(53-49)40-22-12-24-44-47(40)46-38-21-11-23-42(37(38)27-28-45(46)56-44)55-43-30-35-19-8-7-18-34(35)29-41(43)39-26-25-31-13-9-10-20-36(31)48(39)55/h1-30H. The summed E-state index contributed by atoms with van der Waals surface area (Å²) in [6, 6.07) is 63.9. The number of nitrogens with zero attached hydrogens (tertiary/aromatic N) is 4. The van der Waals surface area contributed by atoms with E-state index in [9.17, 15) is 0 Å². The molecule has 0 atom stereocenters. The van der Waals surface area contributed by atoms with Crippen LogP contribution in [0.2, 0.25) is 0 Å². The molecule has 0 aliphatic rings. The molecule has 9 aromatic carbocycles. The van der Waals surface area contributed by atoms with Crippen molar-refractivity contribution in [3.05, 3.63) is 182 Å². The van der Waals surface area contributed by atoms with Gasteiger partial charge in [0, 0.05) is 49.0 Å². The topological polar surface area (TPSA) is 56.7 Å². The summed E-state index contributed by atoms with van der Waals surface area (Å²) >= 11 is 0. The van der Waals surface area contributed by atoms with Crippen LogP contribution in [-0.2, 0) is 0 Å². The molecule has 0 saturated heterocycles. The Morgan fingerprint density at radius 1 is 0.375 bits per heavy atom. The van der Waals surface area contributed by atoms with Gasteiger partial charge in [-0.05, 0) is 57.9 Å². The molecule has 0 N–H and O–H groups in total. The zero-order valence-corrected chi connectivity index (χ0v) is 30.0. The number of benzene rings is 9. The van der Waals surface area contributed by atoms with Gasteiger partial charge in [0.1, 0.15) is 11.2 Å². The van der Waals surface area contributed by atoms with Gasteiger partial charge in [0.05, 0.1) is 16.7 Å². The van der Waals surface area contributed by atoms with Gasteiger partial charge >= 0.3 is 0 Å². The first-order valence-electron chi connectivity index (χ1n) is 18.9. The van der Waals surface area contributed by atoms with E-state index in [-0.39, 0.29) is 0 Å². The molecule has 0 amide bonds. The highest BCUT2D eigenvalue weighted by molar-refractivity contribution is 6.25. The average molecular weight is 715 g/mol. The van der Waals surface area contributed by atoms with E-state index in [2.05, 4.69) is 114 Å². The monoisotopic (exact) mass is 714 g/mol. The maximum absolute atomic E-state index is 6.65. The van der Waals surface area contributed by atoms with E-state index in [4.69, 9.17) is 19.4 Å². The first kappa shape index (κ1) is 30.8. The summed E-state index contributed by atoms with van der Waals surface area (Å²) in [6.45, 7) is 0. The molecule has 0 saturated carbocycles. The van der Waals surface area contributed by atoms with Gasteiger partial charge < -0.3 is 8.98 Å². The van der Waals surface area contributed by atoms with Crippen molar-refractivity contribution in [3.63, 3.8) is 0 Å². The fourth-order valence-corrected chi connectivity index (χ4v) is 8.68. The Bertz CT molecular complexity index is 3470. The van der Waals surface area contributed by atoms with Crippen LogP contribution in [0.1, 0.15) is 0 Å². The van der Waals surface area contributed by atoms with Gasteiger partial charge in [-0.25, -0.2) is 15.0 Å². The summed E-state index contributed by atoms with van der Waals surface area (Å²) < 4.78 is 9.12. The number of furan rings is 1. The first-order valence-corrected chi connectivity index (χ1v) is 18.9. The third kappa shape index (κ3) is 4.58. The Hall–Kier alpha value is -7.63. The van der Waals surface area contributed by atoms with Crippen molar-refractivity contribution in [1.29, 1.82) is 0 Å². The molecular formula is C51H30N4O. The average Bonchev–Trinajstić information content (AvgIpc) is 3.82. The third-order valence-corrected chi connectivity index (χ3v) is 11.2. The lowest BCUT2D eigenvalue weighted by Crippen LogP contribution is -2.00. The Labute approximate surface area is 320 Å². The smallest absolute Gasteiger partial charge is 0.164 e. The summed E-state index contributed by atoms with van der Waals surface area (Å²) in [7, 11) is 0. The third-order valence-electron chi connectivity index (χ3n) is 11.2. The van der Waals surface area contributed by atoms with Crippen molar-refractivity contribution < 1.29 is 4.42 Å².